The fourth-order valence-corrected chi connectivity index (χ4v) is 8.09. The molecule has 0 aliphatic carbocycles. The van der Waals surface area contributed by atoms with Gasteiger partial charge in [-0.25, -0.2) is 24.3 Å². The Morgan fingerprint density at radius 2 is 1.64 bits per heavy atom. The van der Waals surface area contributed by atoms with Gasteiger partial charge >= 0.3 is 18.1 Å². The minimum absolute atomic E-state index is 0.0212. The summed E-state index contributed by atoms with van der Waals surface area (Å²) < 4.78 is 16.9. The van der Waals surface area contributed by atoms with Gasteiger partial charge in [0.05, 0.1) is 26.1 Å². The number of nitrogens with zero attached hydrogens (tertiary/aromatic N) is 6. The number of benzene rings is 3. The lowest BCUT2D eigenvalue weighted by Crippen LogP contribution is -2.69. The SMILES string of the molecule is COc1ccc(CN(C(=O)OC(C)(C)C)c2cc(C[C@H]3C(=O)N(C(=O)N4CCCC(c5cccc(N6CCN(C)CC6=O)c5)C4)[C@@H]3C(=O)OCc3ccccc3)ccn2)cc1. The normalized spacial score (nSPS) is 19.6. The van der Waals surface area contributed by atoms with E-state index in [1.54, 1.807) is 63.2 Å². The average Bonchev–Trinajstić information content (AvgIpc) is 3.25. The van der Waals surface area contributed by atoms with Gasteiger partial charge in [-0.2, -0.15) is 0 Å². The lowest BCUT2D eigenvalue weighted by molar-refractivity contribution is -0.171. The number of aromatic nitrogens is 1. The van der Waals surface area contributed by atoms with Gasteiger partial charge in [-0.1, -0.05) is 54.6 Å². The summed E-state index contributed by atoms with van der Waals surface area (Å²) in [7, 11) is 3.51. The van der Waals surface area contributed by atoms with Crippen LogP contribution in [0, 0.1) is 5.92 Å². The van der Waals surface area contributed by atoms with Gasteiger partial charge in [-0.05, 0) is 106 Å². The quantitative estimate of drug-likeness (QED) is 0.123. The smallest absolute Gasteiger partial charge is 0.416 e. The van der Waals surface area contributed by atoms with Gasteiger partial charge in [0.2, 0.25) is 11.8 Å². The van der Waals surface area contributed by atoms with E-state index >= 15 is 0 Å². The van der Waals surface area contributed by atoms with Crippen molar-refractivity contribution in [3.63, 3.8) is 0 Å². The van der Waals surface area contributed by atoms with E-state index in [-0.39, 0.29) is 31.4 Å². The maximum Gasteiger partial charge on any atom is 0.416 e. The summed E-state index contributed by atoms with van der Waals surface area (Å²) in [5.41, 5.74) is 3.27. The highest BCUT2D eigenvalue weighted by atomic mass is 16.6. The molecule has 320 valence electrons. The Morgan fingerprint density at radius 3 is 2.36 bits per heavy atom. The van der Waals surface area contributed by atoms with E-state index < -0.39 is 41.6 Å². The Bertz CT molecular complexity index is 2230. The Kier molecular flexibility index (Phi) is 13.0. The zero-order valence-electron chi connectivity index (χ0n) is 35.5. The number of ether oxygens (including phenoxy) is 3. The molecule has 4 heterocycles. The van der Waals surface area contributed by atoms with Crippen molar-refractivity contribution in [2.45, 2.75) is 70.7 Å². The second-order valence-electron chi connectivity index (χ2n) is 16.9. The van der Waals surface area contributed by atoms with Crippen molar-refractivity contribution in [3.8, 4) is 5.75 Å². The molecule has 61 heavy (non-hydrogen) atoms. The van der Waals surface area contributed by atoms with Crippen molar-refractivity contribution >= 4 is 41.4 Å². The molecule has 0 N–H and O–H groups in total. The summed E-state index contributed by atoms with van der Waals surface area (Å²) in [5.74, 6) is -1.08. The van der Waals surface area contributed by atoms with Crippen LogP contribution in [0.4, 0.5) is 21.1 Å². The van der Waals surface area contributed by atoms with Gasteiger partial charge in [0.1, 0.15) is 23.8 Å². The van der Waals surface area contributed by atoms with Crippen LogP contribution < -0.4 is 14.5 Å². The van der Waals surface area contributed by atoms with Crippen molar-refractivity contribution < 1.29 is 38.2 Å². The van der Waals surface area contributed by atoms with Crippen LogP contribution in [0.2, 0.25) is 0 Å². The van der Waals surface area contributed by atoms with Crippen LogP contribution in [0.3, 0.4) is 0 Å². The molecule has 3 saturated heterocycles. The lowest BCUT2D eigenvalue weighted by Gasteiger charge is -2.46. The third-order valence-corrected chi connectivity index (χ3v) is 11.3. The number of hydrogen-bond donors (Lipinski definition) is 0. The summed E-state index contributed by atoms with van der Waals surface area (Å²) >= 11 is 0. The van der Waals surface area contributed by atoms with E-state index in [0.717, 1.165) is 40.2 Å². The van der Waals surface area contributed by atoms with Gasteiger partial charge in [-0.15, -0.1) is 0 Å². The Balaban J connectivity index is 1.11. The minimum atomic E-state index is -1.17. The molecular formula is C47H54N6O8. The number of amides is 5. The predicted octanol–water partition coefficient (Wildman–Crippen LogP) is 6.42. The van der Waals surface area contributed by atoms with E-state index in [1.165, 1.54) is 4.90 Å². The number of β-lactam (4-membered cyclic amide) rings is 1. The third kappa shape index (κ3) is 10.2. The Morgan fingerprint density at radius 1 is 0.869 bits per heavy atom. The first-order valence-corrected chi connectivity index (χ1v) is 20.8. The van der Waals surface area contributed by atoms with E-state index in [0.29, 0.717) is 49.7 Å². The van der Waals surface area contributed by atoms with Crippen molar-refractivity contribution in [2.75, 3.05) is 56.7 Å². The number of likely N-dealkylation sites (N-methyl/N-ethyl adjacent to an activating group) is 1. The average molecular weight is 831 g/mol. The van der Waals surface area contributed by atoms with Crippen molar-refractivity contribution in [1.82, 2.24) is 19.7 Å². The molecule has 3 fully saturated rings. The zero-order chi connectivity index (χ0) is 43.3. The van der Waals surface area contributed by atoms with E-state index in [2.05, 4.69) is 4.98 Å². The van der Waals surface area contributed by atoms with Crippen LogP contribution in [0.5, 0.6) is 5.75 Å². The molecule has 3 atom stereocenters. The number of carbonyl (C=O) groups excluding carboxylic acids is 5. The first-order chi connectivity index (χ1) is 29.3. The van der Waals surface area contributed by atoms with E-state index in [1.807, 2.05) is 83.6 Å². The maximum absolute atomic E-state index is 14.4. The molecular weight excluding hydrogens is 777 g/mol. The molecule has 1 aromatic heterocycles. The zero-order valence-corrected chi connectivity index (χ0v) is 35.5. The van der Waals surface area contributed by atoms with E-state index in [4.69, 9.17) is 14.2 Å². The number of pyridine rings is 1. The third-order valence-electron chi connectivity index (χ3n) is 11.3. The second kappa shape index (κ2) is 18.5. The van der Waals surface area contributed by atoms with Crippen LogP contribution in [-0.2, 0) is 43.4 Å². The number of piperazine rings is 1. The Hall–Kier alpha value is -6.28. The number of urea groups is 1. The molecule has 7 rings (SSSR count). The molecule has 3 aliphatic rings. The number of imide groups is 1. The standard InChI is InChI=1S/C47H54N6O8/c1-47(2,3)61-46(58)52(28-32-16-18-38(59-5)19-17-32)40-26-34(20-21-48-40)25-39-42(44(56)60-31-33-11-7-6-8-12-33)53(43(39)55)45(57)50-22-10-14-36(29-50)35-13-9-15-37(27-35)51-24-23-49(4)30-41(51)54/h6-9,11-13,15-21,26-27,36,39,42H,10,14,22-25,28-31H2,1-5H3/t36?,39-,42+/m1/s1. The number of likely N-dealkylation sites (tertiary alicyclic amines) is 2. The number of anilines is 2. The molecule has 3 aromatic carbocycles. The van der Waals surface area contributed by atoms with Gasteiger partial charge in [0.25, 0.3) is 0 Å². The summed E-state index contributed by atoms with van der Waals surface area (Å²) in [6, 6.07) is 26.2. The number of piperidine rings is 1. The fourth-order valence-electron chi connectivity index (χ4n) is 8.09. The number of carbonyl (C=O) groups is 5. The van der Waals surface area contributed by atoms with Crippen LogP contribution in [-0.4, -0.2) is 108 Å². The highest BCUT2D eigenvalue weighted by Crippen LogP contribution is 2.36. The molecule has 0 bridgehead atoms. The van der Waals surface area contributed by atoms with Gasteiger partial charge in [0, 0.05) is 44.0 Å². The predicted molar refractivity (Wildman–Crippen MR) is 229 cm³/mol. The molecule has 14 heteroatoms. The van der Waals surface area contributed by atoms with Crippen LogP contribution in [0.1, 0.15) is 61.8 Å². The van der Waals surface area contributed by atoms with Crippen LogP contribution in [0.25, 0.3) is 0 Å². The Labute approximate surface area is 357 Å². The number of hydrogen-bond acceptors (Lipinski definition) is 10. The van der Waals surface area contributed by atoms with Crippen LogP contribution in [0.15, 0.2) is 97.2 Å². The van der Waals surface area contributed by atoms with Gasteiger partial charge < -0.3 is 24.0 Å². The second-order valence-corrected chi connectivity index (χ2v) is 16.9. The van der Waals surface area contributed by atoms with E-state index in [9.17, 15) is 24.0 Å². The highest BCUT2D eigenvalue weighted by molar-refractivity contribution is 6.08. The highest BCUT2D eigenvalue weighted by Gasteiger charge is 2.56. The fraction of sp³-hybridized carbons (Fsp3) is 0.404. The summed E-state index contributed by atoms with van der Waals surface area (Å²) in [4.78, 5) is 81.5. The summed E-state index contributed by atoms with van der Waals surface area (Å²) in [5, 5.41) is 0. The topological polar surface area (TPSA) is 142 Å². The maximum atomic E-state index is 14.4. The number of esters is 1. The number of rotatable bonds is 11. The molecule has 0 radical (unpaired) electrons. The largest absolute Gasteiger partial charge is 0.497 e. The molecule has 14 nitrogen and oxygen atoms in total. The molecule has 3 aliphatic heterocycles. The first-order valence-electron chi connectivity index (χ1n) is 20.8. The molecule has 0 saturated carbocycles. The van der Waals surface area contributed by atoms with Crippen molar-refractivity contribution in [1.29, 1.82) is 0 Å². The number of methoxy groups -OCH3 is 1. The summed E-state index contributed by atoms with van der Waals surface area (Å²) in [6.07, 6.45) is 2.56. The molecule has 4 aromatic rings. The first kappa shape index (κ1) is 42.8. The monoisotopic (exact) mass is 830 g/mol. The molecule has 5 amide bonds. The van der Waals surface area contributed by atoms with Crippen LogP contribution >= 0.6 is 0 Å². The lowest BCUT2D eigenvalue weighted by atomic mass is 9.82. The van der Waals surface area contributed by atoms with Crippen molar-refractivity contribution in [3.05, 3.63) is 119 Å². The van der Waals surface area contributed by atoms with Crippen molar-refractivity contribution in [2.24, 2.45) is 5.92 Å². The summed E-state index contributed by atoms with van der Waals surface area (Å²) in [6.45, 7) is 7.98. The molecule has 1 unspecified atom stereocenters. The molecule has 0 spiro atoms. The van der Waals surface area contributed by atoms with Gasteiger partial charge in [-0.3, -0.25) is 19.4 Å². The minimum Gasteiger partial charge on any atom is -0.497 e. The van der Waals surface area contributed by atoms with Gasteiger partial charge in [0.15, 0.2) is 6.04 Å².